The Morgan fingerprint density at radius 1 is 0.460 bits per heavy atom. The number of hydrogen-bond donors (Lipinski definition) is 0. The average Bonchev–Trinajstić information content (AvgIpc) is 3.70. The van der Waals surface area contributed by atoms with Crippen LogP contribution in [0.4, 0.5) is 5.69 Å². The van der Waals surface area contributed by atoms with E-state index < -0.39 is 0 Å². The van der Waals surface area contributed by atoms with Crippen LogP contribution in [-0.4, -0.2) is 19.5 Å². The highest BCUT2D eigenvalue weighted by molar-refractivity contribution is 6.11. The van der Waals surface area contributed by atoms with Crippen LogP contribution in [0.1, 0.15) is 23.5 Å². The van der Waals surface area contributed by atoms with Crippen molar-refractivity contribution in [3.8, 4) is 62.1 Å². The van der Waals surface area contributed by atoms with E-state index in [0.29, 0.717) is 23.2 Å². The van der Waals surface area contributed by atoms with Crippen molar-refractivity contribution in [1.29, 1.82) is 0 Å². The van der Waals surface area contributed by atoms with Gasteiger partial charge in [-0.15, -0.1) is 0 Å². The molecule has 1 atom stereocenters. The number of aromatic nitrogens is 4. The van der Waals surface area contributed by atoms with Crippen LogP contribution in [0.5, 0.6) is 0 Å². The van der Waals surface area contributed by atoms with Crippen LogP contribution >= 0.6 is 0 Å². The average molecular weight is 806 g/mol. The zero-order valence-electron chi connectivity index (χ0n) is 34.3. The summed E-state index contributed by atoms with van der Waals surface area (Å²) in [6, 6.07) is 69.5. The Bertz CT molecular complexity index is 3340. The first-order chi connectivity index (χ1) is 31.2. The van der Waals surface area contributed by atoms with Gasteiger partial charge < -0.3 is 4.57 Å². The standard InChI is InChI=1S/C58H39N5/c1-59-48-34-35-54-52(38-48)49-24-14-15-25-53(49)63(54)55-50(43-30-26-41(27-31-43)39-16-6-2-7-17-39)36-47(37-51(55)44-32-28-42(29-33-44)40-18-8-3-9-19-40)58-61-56(45-20-10-4-11-21-45)60-57(62-58)46-22-12-5-13-23-46/h2-28,30-38,42H,29H2. The number of allylic oxidation sites excluding steroid dienone is 4. The minimum absolute atomic E-state index is 0.261. The molecule has 8 aromatic carbocycles. The lowest BCUT2D eigenvalue weighted by Gasteiger charge is -2.23. The second-order valence-corrected chi connectivity index (χ2v) is 15.8. The summed E-state index contributed by atoms with van der Waals surface area (Å²) in [5.41, 5.74) is 14.3. The Morgan fingerprint density at radius 2 is 0.984 bits per heavy atom. The van der Waals surface area contributed by atoms with E-state index in [1.54, 1.807) is 0 Å². The summed E-state index contributed by atoms with van der Waals surface area (Å²) in [6.07, 6.45) is 7.86. The molecule has 5 heteroatoms. The molecule has 0 amide bonds. The normalized spacial score (nSPS) is 13.5. The number of fused-ring (bicyclic) bond motifs is 3. The molecule has 11 rings (SSSR count). The van der Waals surface area contributed by atoms with Crippen molar-refractivity contribution in [3.05, 3.63) is 241 Å². The molecule has 63 heavy (non-hydrogen) atoms. The Morgan fingerprint density at radius 3 is 1.60 bits per heavy atom. The monoisotopic (exact) mass is 805 g/mol. The molecular formula is C58H39N5. The van der Waals surface area contributed by atoms with Gasteiger partial charge in [0.25, 0.3) is 0 Å². The molecule has 2 aromatic heterocycles. The summed E-state index contributed by atoms with van der Waals surface area (Å²) < 4.78 is 2.40. The summed E-state index contributed by atoms with van der Waals surface area (Å²) in [5, 5.41) is 2.13. The summed E-state index contributed by atoms with van der Waals surface area (Å²) in [5.74, 6) is 2.07. The molecule has 10 aromatic rings. The third-order valence-electron chi connectivity index (χ3n) is 12.0. The highest BCUT2D eigenvalue weighted by Crippen LogP contribution is 2.45. The Hall–Kier alpha value is -8.46. The van der Waals surface area contributed by atoms with E-state index in [9.17, 15) is 0 Å². The third-order valence-corrected chi connectivity index (χ3v) is 12.0. The molecule has 1 aliphatic rings. The molecule has 0 radical (unpaired) electrons. The van der Waals surface area contributed by atoms with E-state index in [4.69, 9.17) is 21.5 Å². The summed E-state index contributed by atoms with van der Waals surface area (Å²) >= 11 is 0. The van der Waals surface area contributed by atoms with E-state index in [-0.39, 0.29) is 5.92 Å². The fourth-order valence-electron chi connectivity index (χ4n) is 8.89. The van der Waals surface area contributed by atoms with Crippen molar-refractivity contribution in [2.24, 2.45) is 0 Å². The van der Waals surface area contributed by atoms with Crippen molar-refractivity contribution in [2.75, 3.05) is 0 Å². The highest BCUT2D eigenvalue weighted by atomic mass is 15.0. The predicted octanol–water partition coefficient (Wildman–Crippen LogP) is 15.0. The van der Waals surface area contributed by atoms with Crippen molar-refractivity contribution in [1.82, 2.24) is 19.5 Å². The van der Waals surface area contributed by atoms with Crippen LogP contribution in [-0.2, 0) is 0 Å². The van der Waals surface area contributed by atoms with Crippen LogP contribution in [0.15, 0.2) is 218 Å². The topological polar surface area (TPSA) is 48.0 Å². The molecule has 1 aliphatic carbocycles. The lowest BCUT2D eigenvalue weighted by molar-refractivity contribution is 0.856. The first kappa shape index (κ1) is 37.5. The third kappa shape index (κ3) is 7.10. The second-order valence-electron chi connectivity index (χ2n) is 15.8. The smallest absolute Gasteiger partial charge is 0.188 e. The van der Waals surface area contributed by atoms with Crippen molar-refractivity contribution >= 4 is 33.1 Å². The molecule has 0 saturated heterocycles. The van der Waals surface area contributed by atoms with Gasteiger partial charge >= 0.3 is 0 Å². The fraction of sp³-hybridized carbons (Fsp3) is 0.0345. The van der Waals surface area contributed by atoms with Gasteiger partial charge in [0.05, 0.1) is 23.3 Å². The second kappa shape index (κ2) is 16.2. The van der Waals surface area contributed by atoms with E-state index in [1.807, 2.05) is 78.9 Å². The number of rotatable bonds is 8. The van der Waals surface area contributed by atoms with Gasteiger partial charge in [-0.05, 0) is 70.0 Å². The van der Waals surface area contributed by atoms with Gasteiger partial charge in [-0.25, -0.2) is 19.8 Å². The maximum Gasteiger partial charge on any atom is 0.188 e. The Balaban J connectivity index is 1.22. The minimum Gasteiger partial charge on any atom is -0.308 e. The largest absolute Gasteiger partial charge is 0.308 e. The quantitative estimate of drug-likeness (QED) is 0.144. The zero-order chi connectivity index (χ0) is 42.1. The maximum atomic E-state index is 7.90. The molecule has 0 saturated carbocycles. The number of nitrogens with zero attached hydrogens (tertiary/aromatic N) is 5. The van der Waals surface area contributed by atoms with Crippen LogP contribution in [0, 0.1) is 6.57 Å². The number of benzene rings is 8. The van der Waals surface area contributed by atoms with Gasteiger partial charge in [0.1, 0.15) is 0 Å². The summed E-state index contributed by atoms with van der Waals surface area (Å²) in [6.45, 7) is 7.90. The molecule has 0 N–H and O–H groups in total. The lowest BCUT2D eigenvalue weighted by Crippen LogP contribution is -2.06. The molecular weight excluding hydrogens is 767 g/mol. The van der Waals surface area contributed by atoms with Crippen LogP contribution < -0.4 is 0 Å². The van der Waals surface area contributed by atoms with Gasteiger partial charge in [0.2, 0.25) is 0 Å². The zero-order valence-corrected chi connectivity index (χ0v) is 34.3. The molecule has 0 bridgehead atoms. The molecule has 5 nitrogen and oxygen atoms in total. The van der Waals surface area contributed by atoms with Gasteiger partial charge in [0.15, 0.2) is 23.2 Å². The van der Waals surface area contributed by atoms with Crippen molar-refractivity contribution < 1.29 is 0 Å². The Kier molecular flexibility index (Phi) is 9.65. The molecule has 296 valence electrons. The van der Waals surface area contributed by atoms with E-state index in [0.717, 1.165) is 84.0 Å². The first-order valence-electron chi connectivity index (χ1n) is 21.2. The summed E-state index contributed by atoms with van der Waals surface area (Å²) in [7, 11) is 0. The molecule has 1 unspecified atom stereocenters. The predicted molar refractivity (Wildman–Crippen MR) is 259 cm³/mol. The van der Waals surface area contributed by atoms with E-state index >= 15 is 0 Å². The summed E-state index contributed by atoms with van der Waals surface area (Å²) in [4.78, 5) is 19.4. The fourth-order valence-corrected chi connectivity index (χ4v) is 8.89. The van der Waals surface area contributed by atoms with Crippen LogP contribution in [0.3, 0.4) is 0 Å². The van der Waals surface area contributed by atoms with Gasteiger partial charge in [-0.3, -0.25) is 0 Å². The molecule has 0 aliphatic heterocycles. The van der Waals surface area contributed by atoms with E-state index in [2.05, 4.69) is 149 Å². The van der Waals surface area contributed by atoms with Gasteiger partial charge in [-0.2, -0.15) is 0 Å². The Labute approximate surface area is 366 Å². The number of hydrogen-bond acceptors (Lipinski definition) is 3. The SMILES string of the molecule is [C-]#[N+]c1ccc2c(c1)c1ccccc1n2-c1c(C2=CCC(c3ccccc3)C=C2)cc(-c2nc(-c3ccccc3)nc(-c3ccccc3)n2)cc1-c1ccc(-c2ccccc2)cc1. The molecule has 2 heterocycles. The maximum absolute atomic E-state index is 7.90. The minimum atomic E-state index is 0.261. The highest BCUT2D eigenvalue weighted by Gasteiger charge is 2.25. The van der Waals surface area contributed by atoms with E-state index in [1.165, 1.54) is 5.56 Å². The van der Waals surface area contributed by atoms with Crippen LogP contribution in [0.2, 0.25) is 0 Å². The first-order valence-corrected chi connectivity index (χ1v) is 21.2. The molecule has 0 spiro atoms. The van der Waals surface area contributed by atoms with Crippen LogP contribution in [0.25, 0.3) is 94.3 Å². The van der Waals surface area contributed by atoms with Gasteiger partial charge in [0, 0.05) is 39.1 Å². The van der Waals surface area contributed by atoms with Gasteiger partial charge in [-0.1, -0.05) is 188 Å². The van der Waals surface area contributed by atoms with Crippen molar-refractivity contribution in [3.63, 3.8) is 0 Å². The molecule has 0 fully saturated rings. The number of para-hydroxylation sites is 1. The van der Waals surface area contributed by atoms with Crippen molar-refractivity contribution in [2.45, 2.75) is 12.3 Å². The lowest BCUT2D eigenvalue weighted by atomic mass is 9.85.